The van der Waals surface area contributed by atoms with Gasteiger partial charge in [0.2, 0.25) is 0 Å². The van der Waals surface area contributed by atoms with Crippen LogP contribution in [0.1, 0.15) is 17.0 Å². The summed E-state index contributed by atoms with van der Waals surface area (Å²) in [4.78, 5) is 13.5. The molecule has 1 atom stereocenters. The van der Waals surface area contributed by atoms with Crippen molar-refractivity contribution in [3.05, 3.63) is 70.1 Å². The summed E-state index contributed by atoms with van der Waals surface area (Å²) < 4.78 is 4.98. The van der Waals surface area contributed by atoms with Crippen LogP contribution >= 0.6 is 0 Å². The molecule has 1 aliphatic carbocycles. The van der Waals surface area contributed by atoms with E-state index >= 15 is 0 Å². The highest BCUT2D eigenvalue weighted by Crippen LogP contribution is 2.46. The van der Waals surface area contributed by atoms with Gasteiger partial charge in [-0.05, 0) is 32.9 Å². The third-order valence-corrected chi connectivity index (χ3v) is 3.53. The lowest BCUT2D eigenvalue weighted by atomic mass is 9.95. The van der Waals surface area contributed by atoms with Gasteiger partial charge in [-0.15, -0.1) is 0 Å². The monoisotopic (exact) mass is 265 g/mol. The Morgan fingerprint density at radius 3 is 2.15 bits per heavy atom. The Bertz CT molecular complexity index is 662. The van der Waals surface area contributed by atoms with Crippen LogP contribution in [0.2, 0.25) is 0 Å². The van der Waals surface area contributed by atoms with E-state index in [1.807, 2.05) is 48.5 Å². The van der Waals surface area contributed by atoms with Crippen LogP contribution in [0.5, 0.6) is 0 Å². The van der Waals surface area contributed by atoms with Gasteiger partial charge in [0.05, 0.1) is 5.92 Å². The van der Waals surface area contributed by atoms with Crippen molar-refractivity contribution in [2.75, 3.05) is 0 Å². The van der Waals surface area contributed by atoms with Gasteiger partial charge < -0.3 is 4.74 Å². The van der Waals surface area contributed by atoms with Gasteiger partial charge in [-0.3, -0.25) is 4.79 Å². The minimum Gasteiger partial charge on any atom is -0.457 e. The van der Waals surface area contributed by atoms with Crippen molar-refractivity contribution in [1.82, 2.24) is 0 Å². The average Bonchev–Trinajstić information content (AvgIpc) is 2.82. The summed E-state index contributed by atoms with van der Waals surface area (Å²) in [6, 6.07) is 15.7. The summed E-state index contributed by atoms with van der Waals surface area (Å²) in [6.45, 7) is 0.322. The van der Waals surface area contributed by atoms with Crippen LogP contribution in [0.15, 0.2) is 53.6 Å². The number of carbonyl (C=O) groups excluding carboxylic acids is 1. The van der Waals surface area contributed by atoms with Crippen molar-refractivity contribution >= 4 is 6.47 Å². The highest BCUT2D eigenvalue weighted by atomic mass is 16.5. The fourth-order valence-electron chi connectivity index (χ4n) is 2.78. The molecule has 5 nitrogen and oxygen atoms in total. The Balaban J connectivity index is 2.19. The molecule has 0 saturated heterocycles. The van der Waals surface area contributed by atoms with E-state index in [2.05, 4.69) is 10.0 Å². The summed E-state index contributed by atoms with van der Waals surface area (Å²) in [6.07, 6.45) is -0.873. The summed E-state index contributed by atoms with van der Waals surface area (Å²) in [5.74, 6) is -0.261. The smallest absolute Gasteiger partial charge is 0.293 e. The fourth-order valence-corrected chi connectivity index (χ4v) is 2.78. The molecular formula is C15H11N3O2. The molecular weight excluding hydrogens is 254 g/mol. The predicted molar refractivity (Wildman–Crippen MR) is 73.8 cm³/mol. The largest absolute Gasteiger partial charge is 0.457 e. The molecule has 1 unspecified atom stereocenters. The molecule has 0 spiro atoms. The maximum atomic E-state index is 10.7. The third kappa shape index (κ3) is 1.81. The number of carbonyl (C=O) groups is 1. The van der Waals surface area contributed by atoms with E-state index in [9.17, 15) is 4.79 Å². The highest BCUT2D eigenvalue weighted by Gasteiger charge is 2.34. The van der Waals surface area contributed by atoms with Gasteiger partial charge in [0.1, 0.15) is 0 Å². The van der Waals surface area contributed by atoms with Gasteiger partial charge >= 0.3 is 0 Å². The zero-order valence-electron chi connectivity index (χ0n) is 10.5. The Morgan fingerprint density at radius 2 is 1.65 bits per heavy atom. The second-order valence-electron chi connectivity index (χ2n) is 4.48. The lowest BCUT2D eigenvalue weighted by Gasteiger charge is -2.19. The van der Waals surface area contributed by atoms with Crippen molar-refractivity contribution in [3.63, 3.8) is 0 Å². The molecule has 0 aromatic heterocycles. The maximum absolute atomic E-state index is 10.7. The molecule has 0 heterocycles. The molecule has 98 valence electrons. The second kappa shape index (κ2) is 5.07. The summed E-state index contributed by atoms with van der Waals surface area (Å²) >= 11 is 0. The van der Waals surface area contributed by atoms with Crippen LogP contribution in [-0.2, 0) is 9.53 Å². The van der Waals surface area contributed by atoms with E-state index in [0.29, 0.717) is 6.47 Å². The van der Waals surface area contributed by atoms with Crippen LogP contribution in [0.3, 0.4) is 0 Å². The number of hydrogen-bond donors (Lipinski definition) is 0. The molecule has 0 radical (unpaired) electrons. The first-order chi connectivity index (χ1) is 9.86. The zero-order valence-corrected chi connectivity index (χ0v) is 10.5. The molecule has 2 aromatic carbocycles. The predicted octanol–water partition coefficient (Wildman–Crippen LogP) is 3.61. The molecule has 20 heavy (non-hydrogen) atoms. The van der Waals surface area contributed by atoms with Gasteiger partial charge in [0, 0.05) is 4.91 Å². The molecule has 0 bridgehead atoms. The van der Waals surface area contributed by atoms with Crippen LogP contribution in [0, 0.1) is 0 Å². The Morgan fingerprint density at radius 1 is 1.10 bits per heavy atom. The minimum absolute atomic E-state index is 0.261. The maximum Gasteiger partial charge on any atom is 0.293 e. The topological polar surface area (TPSA) is 75.1 Å². The van der Waals surface area contributed by atoms with E-state index in [0.717, 1.165) is 22.3 Å². The first-order valence-electron chi connectivity index (χ1n) is 6.18. The normalized spacial score (nSPS) is 13.8. The molecule has 2 aromatic rings. The van der Waals surface area contributed by atoms with Crippen LogP contribution in [0.25, 0.3) is 21.6 Å². The first-order valence-corrected chi connectivity index (χ1v) is 6.18. The van der Waals surface area contributed by atoms with E-state index < -0.39 is 6.23 Å². The number of ether oxygens (including phenoxy) is 1. The molecule has 0 N–H and O–H groups in total. The van der Waals surface area contributed by atoms with E-state index in [-0.39, 0.29) is 5.92 Å². The number of benzene rings is 2. The lowest BCUT2D eigenvalue weighted by Crippen LogP contribution is -2.18. The van der Waals surface area contributed by atoms with Crippen molar-refractivity contribution < 1.29 is 9.53 Å². The molecule has 1 aliphatic rings. The molecule has 0 aliphatic heterocycles. The van der Waals surface area contributed by atoms with Crippen molar-refractivity contribution in [2.24, 2.45) is 5.11 Å². The molecule has 5 heteroatoms. The van der Waals surface area contributed by atoms with Crippen molar-refractivity contribution in [1.29, 1.82) is 0 Å². The SMILES string of the molecule is [N-]=[N+]=NC(OC=O)C1c2ccccc2-c2ccccc21. The standard InChI is InChI=1S/C15H11N3O2/c16-18-17-15(20-9-19)14-12-7-3-1-5-10(12)11-6-2-4-8-13(11)14/h1-9,14-15H. The Hall–Kier alpha value is -2.78. The number of fused-ring (bicyclic) bond motifs is 3. The number of rotatable bonds is 4. The van der Waals surface area contributed by atoms with Gasteiger partial charge in [-0.1, -0.05) is 48.5 Å². The fraction of sp³-hybridized carbons (Fsp3) is 0.133. The van der Waals surface area contributed by atoms with E-state index in [4.69, 9.17) is 10.3 Å². The zero-order chi connectivity index (χ0) is 13.9. The lowest BCUT2D eigenvalue weighted by molar-refractivity contribution is -0.133. The van der Waals surface area contributed by atoms with Gasteiger partial charge in [-0.2, -0.15) is 0 Å². The third-order valence-electron chi connectivity index (χ3n) is 3.53. The average molecular weight is 265 g/mol. The van der Waals surface area contributed by atoms with Crippen molar-refractivity contribution in [3.8, 4) is 11.1 Å². The number of nitrogens with zero attached hydrogens (tertiary/aromatic N) is 3. The van der Waals surface area contributed by atoms with Gasteiger partial charge in [-0.25, -0.2) is 0 Å². The molecule has 0 fully saturated rings. The minimum atomic E-state index is -0.873. The molecule has 0 saturated carbocycles. The molecule has 3 rings (SSSR count). The summed E-state index contributed by atoms with van der Waals surface area (Å²) in [5.41, 5.74) is 12.9. The Labute approximate surface area is 115 Å². The van der Waals surface area contributed by atoms with Crippen LogP contribution in [0.4, 0.5) is 0 Å². The van der Waals surface area contributed by atoms with Crippen LogP contribution in [-0.4, -0.2) is 12.7 Å². The number of hydrogen-bond acceptors (Lipinski definition) is 3. The second-order valence-corrected chi connectivity index (χ2v) is 4.48. The number of azide groups is 1. The van der Waals surface area contributed by atoms with Crippen molar-refractivity contribution in [2.45, 2.75) is 12.1 Å². The Kier molecular flexibility index (Phi) is 3.11. The van der Waals surface area contributed by atoms with Crippen LogP contribution < -0.4 is 0 Å². The first kappa shape index (κ1) is 12.3. The summed E-state index contributed by atoms with van der Waals surface area (Å²) in [7, 11) is 0. The van der Waals surface area contributed by atoms with E-state index in [1.165, 1.54) is 0 Å². The van der Waals surface area contributed by atoms with E-state index in [1.54, 1.807) is 0 Å². The van der Waals surface area contributed by atoms with Gasteiger partial charge in [0.15, 0.2) is 6.23 Å². The summed E-state index contributed by atoms with van der Waals surface area (Å²) in [5, 5.41) is 3.62. The van der Waals surface area contributed by atoms with Gasteiger partial charge in [0.25, 0.3) is 6.47 Å². The highest BCUT2D eigenvalue weighted by molar-refractivity contribution is 5.79. The molecule has 0 amide bonds. The quantitative estimate of drug-likeness (QED) is 0.366.